The maximum atomic E-state index is 11.5. The van der Waals surface area contributed by atoms with Gasteiger partial charge in [-0.15, -0.1) is 0 Å². The molecule has 1 aromatic rings. The molecule has 0 fully saturated rings. The topological polar surface area (TPSA) is 17.1 Å². The fourth-order valence-electron chi connectivity index (χ4n) is 1.11. The first-order valence-electron chi connectivity index (χ1n) is 4.99. The Hall–Kier alpha value is -0.320. The molecule has 0 radical (unpaired) electrons. The van der Waals surface area contributed by atoms with Gasteiger partial charge in [0, 0.05) is 0 Å². The first-order chi connectivity index (χ1) is 6.72. The van der Waals surface area contributed by atoms with Crippen LogP contribution in [0.2, 0.25) is 0 Å². The summed E-state index contributed by atoms with van der Waals surface area (Å²) >= 11 is -0.582. The van der Waals surface area contributed by atoms with Gasteiger partial charge in [0.2, 0.25) is 0 Å². The fraction of sp³-hybridized carbons (Fsp3) is 0.417. The van der Waals surface area contributed by atoms with Crippen molar-refractivity contribution in [3.8, 4) is 0 Å². The van der Waals surface area contributed by atoms with Gasteiger partial charge >= 0.3 is 96.1 Å². The Bertz CT molecular complexity index is 290. The van der Waals surface area contributed by atoms with Crippen molar-refractivity contribution in [1.29, 1.82) is 0 Å². The molecule has 0 bridgehead atoms. The van der Waals surface area contributed by atoms with Crippen LogP contribution in [0, 0.1) is 6.92 Å². The quantitative estimate of drug-likeness (QED) is 0.761. The number of hydrogen-bond donors (Lipinski definition) is 0. The summed E-state index contributed by atoms with van der Waals surface area (Å²) in [6.45, 7) is 4.20. The van der Waals surface area contributed by atoms with Crippen LogP contribution in [0.25, 0.3) is 0 Å². The van der Waals surface area contributed by atoms with E-state index in [1.165, 1.54) is 9.17 Å². The van der Waals surface area contributed by atoms with E-state index in [4.69, 9.17) is 0 Å². The number of hydrogen-bond acceptors (Lipinski definition) is 1. The molecule has 0 unspecified atom stereocenters. The predicted molar refractivity (Wildman–Crippen MR) is 61.1 cm³/mol. The third-order valence-corrected chi connectivity index (χ3v) is 4.67. The Morgan fingerprint density at radius 2 is 1.93 bits per heavy atom. The van der Waals surface area contributed by atoms with E-state index in [0.29, 0.717) is 3.83 Å². The van der Waals surface area contributed by atoms with Crippen molar-refractivity contribution in [3.05, 3.63) is 29.8 Å². The summed E-state index contributed by atoms with van der Waals surface area (Å²) in [4.78, 5) is 11.5. The summed E-state index contributed by atoms with van der Waals surface area (Å²) in [5, 5.41) is 0. The molecular formula is C12H16OTe. The van der Waals surface area contributed by atoms with Crippen molar-refractivity contribution >= 4 is 28.4 Å². The second-order valence-electron chi connectivity index (χ2n) is 3.39. The normalized spacial score (nSPS) is 10.1. The van der Waals surface area contributed by atoms with Gasteiger partial charge in [-0.3, -0.25) is 0 Å². The van der Waals surface area contributed by atoms with Crippen LogP contribution < -0.4 is 3.61 Å². The van der Waals surface area contributed by atoms with E-state index < -0.39 is 20.9 Å². The molecule has 0 saturated carbocycles. The standard InChI is InChI=1S/C12H16OTe/c1-3-4-5-12(13)14-11-8-6-10(2)7-9-11/h6-9H,3-5H2,1-2H3. The zero-order valence-corrected chi connectivity index (χ0v) is 11.1. The van der Waals surface area contributed by atoms with Gasteiger partial charge < -0.3 is 0 Å². The van der Waals surface area contributed by atoms with Crippen LogP contribution in [0.1, 0.15) is 31.7 Å². The van der Waals surface area contributed by atoms with Crippen LogP contribution >= 0.6 is 0 Å². The SMILES string of the molecule is CCCCC(=O)[Te]c1ccc(C)cc1. The number of unbranched alkanes of at least 4 members (excludes halogenated alkanes) is 1. The maximum absolute atomic E-state index is 11.5. The van der Waals surface area contributed by atoms with Crippen molar-refractivity contribution in [2.75, 3.05) is 0 Å². The molecule has 0 aliphatic rings. The van der Waals surface area contributed by atoms with Crippen LogP contribution in [0.4, 0.5) is 0 Å². The van der Waals surface area contributed by atoms with Gasteiger partial charge in [0.05, 0.1) is 0 Å². The molecule has 1 nitrogen and oxygen atoms in total. The molecule has 0 spiro atoms. The van der Waals surface area contributed by atoms with Crippen molar-refractivity contribution < 1.29 is 4.79 Å². The zero-order chi connectivity index (χ0) is 10.4. The van der Waals surface area contributed by atoms with E-state index in [1.54, 1.807) is 0 Å². The molecule has 2 heteroatoms. The third kappa shape index (κ3) is 4.26. The molecule has 1 rings (SSSR count). The van der Waals surface area contributed by atoms with E-state index in [-0.39, 0.29) is 0 Å². The van der Waals surface area contributed by atoms with E-state index in [2.05, 4.69) is 38.1 Å². The third-order valence-electron chi connectivity index (χ3n) is 1.99. The van der Waals surface area contributed by atoms with E-state index in [9.17, 15) is 4.79 Å². The van der Waals surface area contributed by atoms with Crippen molar-refractivity contribution in [2.45, 2.75) is 33.1 Å². The monoisotopic (exact) mass is 306 g/mol. The van der Waals surface area contributed by atoms with Crippen LogP contribution in [0.15, 0.2) is 24.3 Å². The Labute approximate surface area is 96.0 Å². The fourth-order valence-corrected chi connectivity index (χ4v) is 3.34. The Kier molecular flexibility index (Phi) is 5.22. The van der Waals surface area contributed by atoms with Gasteiger partial charge in [-0.05, 0) is 0 Å². The number of benzene rings is 1. The molecule has 0 N–H and O–H groups in total. The van der Waals surface area contributed by atoms with Gasteiger partial charge in [0.1, 0.15) is 0 Å². The average molecular weight is 304 g/mol. The first kappa shape index (κ1) is 11.8. The minimum absolute atomic E-state index is 0.487. The molecule has 0 aliphatic carbocycles. The molecule has 0 atom stereocenters. The summed E-state index contributed by atoms with van der Waals surface area (Å²) in [5.74, 6) is 0. The van der Waals surface area contributed by atoms with Gasteiger partial charge in [-0.1, -0.05) is 0 Å². The van der Waals surface area contributed by atoms with Crippen molar-refractivity contribution in [2.24, 2.45) is 0 Å². The molecule has 0 aliphatic heterocycles. The van der Waals surface area contributed by atoms with Crippen LogP contribution in [-0.4, -0.2) is 24.8 Å². The van der Waals surface area contributed by atoms with E-state index in [1.807, 2.05) is 0 Å². The average Bonchev–Trinajstić information content (AvgIpc) is 2.18. The van der Waals surface area contributed by atoms with Gasteiger partial charge in [0.15, 0.2) is 0 Å². The van der Waals surface area contributed by atoms with E-state index >= 15 is 0 Å². The van der Waals surface area contributed by atoms with Gasteiger partial charge in [-0.2, -0.15) is 0 Å². The van der Waals surface area contributed by atoms with Crippen LogP contribution in [-0.2, 0) is 4.79 Å². The molecule has 0 heterocycles. The van der Waals surface area contributed by atoms with Crippen LogP contribution in [0.5, 0.6) is 0 Å². The number of aryl methyl sites for hydroxylation is 1. The summed E-state index contributed by atoms with van der Waals surface area (Å²) in [6, 6.07) is 8.38. The van der Waals surface area contributed by atoms with Gasteiger partial charge in [0.25, 0.3) is 0 Å². The number of carbonyl (C=O) groups is 1. The molecule has 0 saturated heterocycles. The molecule has 0 amide bonds. The Morgan fingerprint density at radius 1 is 1.29 bits per heavy atom. The first-order valence-corrected chi connectivity index (χ1v) is 7.32. The summed E-state index contributed by atoms with van der Waals surface area (Å²) in [7, 11) is 0. The molecule has 76 valence electrons. The second-order valence-corrected chi connectivity index (χ2v) is 6.62. The summed E-state index contributed by atoms with van der Waals surface area (Å²) in [5.41, 5.74) is 1.27. The Morgan fingerprint density at radius 3 is 2.50 bits per heavy atom. The van der Waals surface area contributed by atoms with E-state index in [0.717, 1.165) is 19.3 Å². The minimum atomic E-state index is -0.582. The Balaban J connectivity index is 2.44. The zero-order valence-electron chi connectivity index (χ0n) is 8.75. The van der Waals surface area contributed by atoms with Crippen molar-refractivity contribution in [3.63, 3.8) is 0 Å². The summed E-state index contributed by atoms with van der Waals surface area (Å²) in [6.07, 6.45) is 2.95. The molecule has 0 aromatic heterocycles. The number of carbonyl (C=O) groups excluding carboxylic acids is 1. The van der Waals surface area contributed by atoms with Crippen LogP contribution in [0.3, 0.4) is 0 Å². The number of rotatable bonds is 5. The van der Waals surface area contributed by atoms with Gasteiger partial charge in [-0.25, -0.2) is 0 Å². The molecule has 1 aromatic carbocycles. The molecule has 14 heavy (non-hydrogen) atoms. The molecular weight excluding hydrogens is 288 g/mol. The predicted octanol–water partition coefficient (Wildman–Crippen LogP) is 2.04. The van der Waals surface area contributed by atoms with Crippen molar-refractivity contribution in [1.82, 2.24) is 0 Å². The second kappa shape index (κ2) is 6.22. The summed E-state index contributed by atoms with van der Waals surface area (Å²) < 4.78 is 1.75.